The van der Waals surface area contributed by atoms with Gasteiger partial charge < -0.3 is 15.2 Å². The van der Waals surface area contributed by atoms with E-state index in [1.165, 1.54) is 20.3 Å². The topological polar surface area (TPSA) is 140 Å². The lowest BCUT2D eigenvalue weighted by molar-refractivity contribution is -0.384. The Balaban J connectivity index is 2.03. The average Bonchev–Trinajstić information content (AvgIpc) is 3.10. The monoisotopic (exact) mass is 404 g/mol. The first-order chi connectivity index (χ1) is 13.3. The molecule has 28 heavy (non-hydrogen) atoms. The summed E-state index contributed by atoms with van der Waals surface area (Å²) in [6.45, 7) is 0. The molecule has 1 heterocycles. The SMILES string of the molecule is COc1ccc(-c2cc(N)n(S(=O)(=O)c3ccc([N+](=O)[O-])cc3)n2)cc1OC. The maximum absolute atomic E-state index is 12.8. The van der Waals surface area contributed by atoms with Crippen LogP contribution in [0.25, 0.3) is 11.3 Å². The van der Waals surface area contributed by atoms with Gasteiger partial charge in [-0.2, -0.15) is 13.5 Å². The lowest BCUT2D eigenvalue weighted by Gasteiger charge is -2.08. The molecule has 2 aromatic carbocycles. The highest BCUT2D eigenvalue weighted by atomic mass is 32.2. The normalized spacial score (nSPS) is 11.2. The number of non-ortho nitro benzene ring substituents is 1. The first-order valence-electron chi connectivity index (χ1n) is 7.86. The van der Waals surface area contributed by atoms with Gasteiger partial charge in [-0.05, 0) is 30.3 Å². The maximum atomic E-state index is 12.8. The van der Waals surface area contributed by atoms with Gasteiger partial charge in [0.2, 0.25) is 0 Å². The van der Waals surface area contributed by atoms with E-state index in [4.69, 9.17) is 15.2 Å². The Morgan fingerprint density at radius 2 is 1.68 bits per heavy atom. The molecule has 0 amide bonds. The summed E-state index contributed by atoms with van der Waals surface area (Å²) in [5.41, 5.74) is 6.52. The van der Waals surface area contributed by atoms with Crippen LogP contribution in [-0.4, -0.2) is 36.7 Å². The Kier molecular flexibility index (Phi) is 4.92. The zero-order valence-electron chi connectivity index (χ0n) is 14.9. The summed E-state index contributed by atoms with van der Waals surface area (Å²) in [5.74, 6) is 0.853. The van der Waals surface area contributed by atoms with Crippen molar-refractivity contribution >= 4 is 21.5 Å². The van der Waals surface area contributed by atoms with Gasteiger partial charge in [0.25, 0.3) is 15.7 Å². The zero-order valence-corrected chi connectivity index (χ0v) is 15.7. The van der Waals surface area contributed by atoms with Crippen LogP contribution in [0.4, 0.5) is 11.5 Å². The summed E-state index contributed by atoms with van der Waals surface area (Å²) in [6.07, 6.45) is 0. The van der Waals surface area contributed by atoms with Crippen LogP contribution in [0.1, 0.15) is 0 Å². The molecule has 3 rings (SSSR count). The van der Waals surface area contributed by atoms with Gasteiger partial charge in [-0.15, -0.1) is 4.09 Å². The zero-order chi connectivity index (χ0) is 20.5. The van der Waals surface area contributed by atoms with Crippen molar-refractivity contribution in [1.82, 2.24) is 9.19 Å². The summed E-state index contributed by atoms with van der Waals surface area (Å²) >= 11 is 0. The third-order valence-corrected chi connectivity index (χ3v) is 5.57. The first kappa shape index (κ1) is 19.2. The largest absolute Gasteiger partial charge is 0.493 e. The fourth-order valence-corrected chi connectivity index (χ4v) is 3.75. The van der Waals surface area contributed by atoms with E-state index in [9.17, 15) is 18.5 Å². The molecule has 0 unspecified atom stereocenters. The molecule has 1 aromatic heterocycles. The van der Waals surface area contributed by atoms with Crippen molar-refractivity contribution in [3.8, 4) is 22.8 Å². The molecule has 0 aliphatic rings. The van der Waals surface area contributed by atoms with Gasteiger partial charge in [0.15, 0.2) is 11.5 Å². The molecular formula is C17H16N4O6S. The van der Waals surface area contributed by atoms with E-state index in [1.54, 1.807) is 18.2 Å². The molecule has 3 aromatic rings. The Hall–Kier alpha value is -3.60. The van der Waals surface area contributed by atoms with Crippen molar-refractivity contribution in [2.45, 2.75) is 4.90 Å². The Morgan fingerprint density at radius 1 is 1.04 bits per heavy atom. The second-order valence-electron chi connectivity index (χ2n) is 5.62. The summed E-state index contributed by atoms with van der Waals surface area (Å²) in [4.78, 5) is 9.95. The second-order valence-corrected chi connectivity index (χ2v) is 7.39. The molecule has 0 saturated heterocycles. The molecule has 0 aliphatic heterocycles. The highest BCUT2D eigenvalue weighted by molar-refractivity contribution is 7.90. The third kappa shape index (κ3) is 3.34. The smallest absolute Gasteiger partial charge is 0.284 e. The number of methoxy groups -OCH3 is 2. The van der Waals surface area contributed by atoms with E-state index in [0.29, 0.717) is 26.8 Å². The minimum atomic E-state index is -4.13. The number of hydrogen-bond acceptors (Lipinski definition) is 8. The van der Waals surface area contributed by atoms with Crippen LogP contribution in [0.3, 0.4) is 0 Å². The van der Waals surface area contributed by atoms with Crippen LogP contribution in [-0.2, 0) is 10.0 Å². The van der Waals surface area contributed by atoms with Crippen molar-refractivity contribution in [2.75, 3.05) is 20.0 Å². The number of nitro groups is 1. The molecule has 11 heteroatoms. The summed E-state index contributed by atoms with van der Waals surface area (Å²) in [7, 11) is -1.14. The number of hydrogen-bond donors (Lipinski definition) is 1. The standard InChI is InChI=1S/C17H16N4O6S/c1-26-15-8-3-11(9-16(15)27-2)14-10-17(18)20(19-14)28(24,25)13-6-4-12(5-7-13)21(22)23/h3-10H,18H2,1-2H3. The third-order valence-electron chi connectivity index (χ3n) is 3.96. The highest BCUT2D eigenvalue weighted by Gasteiger charge is 2.23. The van der Waals surface area contributed by atoms with Crippen molar-refractivity contribution in [2.24, 2.45) is 0 Å². The van der Waals surface area contributed by atoms with Gasteiger partial charge in [-0.25, -0.2) is 0 Å². The molecule has 0 spiro atoms. The van der Waals surface area contributed by atoms with E-state index in [1.807, 2.05) is 0 Å². The van der Waals surface area contributed by atoms with Gasteiger partial charge in [0.05, 0.1) is 29.7 Å². The second kappa shape index (κ2) is 7.19. The van der Waals surface area contributed by atoms with Crippen LogP contribution in [0.2, 0.25) is 0 Å². The first-order valence-corrected chi connectivity index (χ1v) is 9.30. The van der Waals surface area contributed by atoms with E-state index in [2.05, 4.69) is 5.10 Å². The van der Waals surface area contributed by atoms with Crippen LogP contribution in [0, 0.1) is 10.1 Å². The number of nitrogens with two attached hydrogens (primary N) is 1. The molecule has 146 valence electrons. The Morgan fingerprint density at radius 3 is 2.25 bits per heavy atom. The number of benzene rings is 2. The van der Waals surface area contributed by atoms with Gasteiger partial charge >= 0.3 is 0 Å². The van der Waals surface area contributed by atoms with Gasteiger partial charge in [0.1, 0.15) is 5.82 Å². The summed E-state index contributed by atoms with van der Waals surface area (Å²) < 4.78 is 36.7. The summed E-state index contributed by atoms with van der Waals surface area (Å²) in [5, 5.41) is 14.8. The van der Waals surface area contributed by atoms with Crippen molar-refractivity contribution in [3.05, 3.63) is 58.6 Å². The molecule has 0 radical (unpaired) electrons. The molecule has 0 aliphatic carbocycles. The van der Waals surface area contributed by atoms with Crippen LogP contribution < -0.4 is 15.2 Å². The lowest BCUT2D eigenvalue weighted by atomic mass is 10.1. The van der Waals surface area contributed by atoms with E-state index in [0.717, 1.165) is 24.3 Å². The lowest BCUT2D eigenvalue weighted by Crippen LogP contribution is -2.16. The number of anilines is 1. The maximum Gasteiger partial charge on any atom is 0.284 e. The van der Waals surface area contributed by atoms with Gasteiger partial charge in [-0.3, -0.25) is 10.1 Å². The average molecular weight is 404 g/mol. The predicted molar refractivity (Wildman–Crippen MR) is 101 cm³/mol. The fourth-order valence-electron chi connectivity index (χ4n) is 2.55. The number of rotatable bonds is 6. The number of nitro benzene ring substituents is 1. The predicted octanol–water partition coefficient (Wildman–Crippen LogP) is 2.29. The van der Waals surface area contributed by atoms with E-state index >= 15 is 0 Å². The Bertz CT molecular complexity index is 1140. The molecule has 2 N–H and O–H groups in total. The van der Waals surface area contributed by atoms with Crippen molar-refractivity contribution in [1.29, 1.82) is 0 Å². The number of nitrogens with zero attached hydrogens (tertiary/aromatic N) is 3. The van der Waals surface area contributed by atoms with Crippen molar-refractivity contribution in [3.63, 3.8) is 0 Å². The fraction of sp³-hybridized carbons (Fsp3) is 0.118. The molecule has 0 fully saturated rings. The van der Waals surface area contributed by atoms with Crippen LogP contribution in [0.15, 0.2) is 53.4 Å². The Labute approximate surface area is 160 Å². The van der Waals surface area contributed by atoms with Crippen LogP contribution in [0.5, 0.6) is 11.5 Å². The molecule has 0 atom stereocenters. The molecule has 10 nitrogen and oxygen atoms in total. The highest BCUT2D eigenvalue weighted by Crippen LogP contribution is 2.33. The number of nitrogen functional groups attached to an aromatic ring is 1. The minimum absolute atomic E-state index is 0.108. The van der Waals surface area contributed by atoms with Gasteiger partial charge in [-0.1, -0.05) is 0 Å². The number of aromatic nitrogens is 2. The molecule has 0 saturated carbocycles. The number of ether oxygens (including phenoxy) is 2. The van der Waals surface area contributed by atoms with Crippen LogP contribution >= 0.6 is 0 Å². The van der Waals surface area contributed by atoms with Gasteiger partial charge in [0, 0.05) is 23.8 Å². The quantitative estimate of drug-likeness (QED) is 0.487. The minimum Gasteiger partial charge on any atom is -0.493 e. The molecule has 0 bridgehead atoms. The van der Waals surface area contributed by atoms with E-state index in [-0.39, 0.29) is 16.4 Å². The van der Waals surface area contributed by atoms with Crippen molar-refractivity contribution < 1.29 is 22.8 Å². The summed E-state index contributed by atoms with van der Waals surface area (Å²) in [6, 6.07) is 10.9. The molecular weight excluding hydrogens is 388 g/mol. The van der Waals surface area contributed by atoms with E-state index < -0.39 is 14.9 Å².